The van der Waals surface area contributed by atoms with Crippen LogP contribution in [0.4, 0.5) is 0 Å². The molecule has 1 N–H and O–H groups in total. The molecule has 2 aromatic rings. The Hall–Kier alpha value is -1.00. The lowest BCUT2D eigenvalue weighted by Crippen LogP contribution is -1.80. The Morgan fingerprint density at radius 3 is 2.64 bits per heavy atom. The molecule has 0 aliphatic carbocycles. The maximum absolute atomic E-state index is 4.03. The molecule has 0 saturated heterocycles. The molecule has 5 heteroatoms. The zero-order chi connectivity index (χ0) is 8.93. The van der Waals surface area contributed by atoms with E-state index in [4.69, 9.17) is 0 Å². The van der Waals surface area contributed by atoms with Crippen LogP contribution in [0.25, 0.3) is 0 Å². The van der Waals surface area contributed by atoms with Crippen LogP contribution in [0, 0.1) is 0 Å². The van der Waals surface area contributed by atoms with Crippen molar-refractivity contribution in [2.24, 2.45) is 0 Å². The first kappa shape index (κ1) is 11.1. The molecule has 3 nitrogen and oxygen atoms in total. The Kier molecular flexibility index (Phi) is 4.49. The summed E-state index contributed by atoms with van der Waals surface area (Å²) in [6.07, 6.45) is 1.52. The summed E-state index contributed by atoms with van der Waals surface area (Å²) in [5, 5.41) is 7.45. The monoisotopic (exact) mass is 227 g/mol. The van der Waals surface area contributed by atoms with Gasteiger partial charge in [0.05, 0.1) is 0 Å². The third kappa shape index (κ3) is 3.05. The van der Waals surface area contributed by atoms with Crippen molar-refractivity contribution < 1.29 is 0 Å². The van der Waals surface area contributed by atoms with Crippen molar-refractivity contribution in [2.45, 2.75) is 10.9 Å². The number of aromatic amines is 1. The van der Waals surface area contributed by atoms with Gasteiger partial charge in [0.1, 0.15) is 6.33 Å². The molecule has 0 radical (unpaired) electrons. The lowest BCUT2D eigenvalue weighted by Gasteiger charge is -1.96. The summed E-state index contributed by atoms with van der Waals surface area (Å²) in [5.41, 5.74) is 1.30. The maximum Gasteiger partial charge on any atom is 0.183 e. The van der Waals surface area contributed by atoms with E-state index in [1.165, 1.54) is 11.9 Å². The number of nitrogens with one attached hydrogen (secondary N) is 1. The van der Waals surface area contributed by atoms with Crippen molar-refractivity contribution in [3.63, 3.8) is 0 Å². The summed E-state index contributed by atoms with van der Waals surface area (Å²) in [4.78, 5) is 4.03. The number of benzene rings is 1. The van der Waals surface area contributed by atoms with Crippen molar-refractivity contribution in [1.82, 2.24) is 15.2 Å². The number of halogens is 1. The molecule has 14 heavy (non-hydrogen) atoms. The number of thioether (sulfide) groups is 1. The van der Waals surface area contributed by atoms with E-state index in [0.29, 0.717) is 0 Å². The second kappa shape index (κ2) is 5.67. The minimum absolute atomic E-state index is 0. The highest BCUT2D eigenvalue weighted by atomic mass is 35.5. The Morgan fingerprint density at radius 1 is 1.21 bits per heavy atom. The van der Waals surface area contributed by atoms with Crippen LogP contribution in [0.1, 0.15) is 5.56 Å². The van der Waals surface area contributed by atoms with Crippen molar-refractivity contribution in [2.75, 3.05) is 0 Å². The van der Waals surface area contributed by atoms with Crippen molar-refractivity contribution in [1.29, 1.82) is 0 Å². The second-order valence-corrected chi connectivity index (χ2v) is 3.53. The fourth-order valence-electron chi connectivity index (χ4n) is 0.990. The molecule has 0 amide bonds. The summed E-state index contributed by atoms with van der Waals surface area (Å²) < 4.78 is 0. The minimum atomic E-state index is 0. The van der Waals surface area contributed by atoms with Crippen LogP contribution >= 0.6 is 24.2 Å². The molecule has 0 bridgehead atoms. The first-order chi connectivity index (χ1) is 6.45. The van der Waals surface area contributed by atoms with Crippen LogP contribution in [0.2, 0.25) is 0 Å². The average Bonchev–Trinajstić information content (AvgIpc) is 2.69. The van der Waals surface area contributed by atoms with Crippen LogP contribution in [-0.2, 0) is 5.75 Å². The summed E-state index contributed by atoms with van der Waals surface area (Å²) in [6.45, 7) is 0. The zero-order valence-electron chi connectivity index (χ0n) is 7.38. The minimum Gasteiger partial charge on any atom is -0.254 e. The number of rotatable bonds is 3. The van der Waals surface area contributed by atoms with E-state index in [9.17, 15) is 0 Å². The Labute approximate surface area is 92.7 Å². The molecule has 1 aromatic heterocycles. The molecule has 0 fully saturated rings. The van der Waals surface area contributed by atoms with E-state index >= 15 is 0 Å². The van der Waals surface area contributed by atoms with Gasteiger partial charge in [-0.2, -0.15) is 5.10 Å². The Balaban J connectivity index is 0.000000980. The highest BCUT2D eigenvalue weighted by Gasteiger charge is 1.96. The van der Waals surface area contributed by atoms with E-state index in [0.717, 1.165) is 10.9 Å². The Bertz CT molecular complexity index is 349. The lowest BCUT2D eigenvalue weighted by atomic mass is 10.2. The smallest absolute Gasteiger partial charge is 0.183 e. The predicted molar refractivity (Wildman–Crippen MR) is 59.6 cm³/mol. The van der Waals surface area contributed by atoms with Gasteiger partial charge in [-0.25, -0.2) is 4.98 Å². The molecular weight excluding hydrogens is 218 g/mol. The van der Waals surface area contributed by atoms with Gasteiger partial charge in [0.25, 0.3) is 0 Å². The van der Waals surface area contributed by atoms with Crippen LogP contribution in [0.15, 0.2) is 41.8 Å². The number of aromatic nitrogens is 3. The number of nitrogens with zero attached hydrogens (tertiary/aromatic N) is 2. The van der Waals surface area contributed by atoms with Gasteiger partial charge in [0.2, 0.25) is 0 Å². The number of hydrogen-bond acceptors (Lipinski definition) is 3. The van der Waals surface area contributed by atoms with E-state index in [1.54, 1.807) is 11.8 Å². The lowest BCUT2D eigenvalue weighted by molar-refractivity contribution is 0.973. The molecule has 0 spiro atoms. The summed E-state index contributed by atoms with van der Waals surface area (Å²) >= 11 is 1.65. The van der Waals surface area contributed by atoms with Gasteiger partial charge in [-0.15, -0.1) is 12.4 Å². The topological polar surface area (TPSA) is 41.6 Å². The zero-order valence-corrected chi connectivity index (χ0v) is 9.02. The number of H-pyrrole nitrogens is 1. The first-order valence-corrected chi connectivity index (χ1v) is 4.96. The van der Waals surface area contributed by atoms with E-state index in [2.05, 4.69) is 27.3 Å². The van der Waals surface area contributed by atoms with Gasteiger partial charge in [0.15, 0.2) is 5.16 Å². The highest BCUT2D eigenvalue weighted by Crippen LogP contribution is 2.17. The standard InChI is InChI=1S/C9H9N3S.ClH/c1-2-4-8(5-3-1)6-13-9-10-7-11-12-9;/h1-5,7H,6H2,(H,10,11,12);1H. The van der Waals surface area contributed by atoms with Gasteiger partial charge in [0, 0.05) is 5.75 Å². The van der Waals surface area contributed by atoms with Crippen molar-refractivity contribution in [3.8, 4) is 0 Å². The Morgan fingerprint density at radius 2 is 2.00 bits per heavy atom. The van der Waals surface area contributed by atoms with Crippen LogP contribution in [0.5, 0.6) is 0 Å². The molecule has 0 atom stereocenters. The molecule has 0 unspecified atom stereocenters. The van der Waals surface area contributed by atoms with Gasteiger partial charge in [-0.1, -0.05) is 42.1 Å². The summed E-state index contributed by atoms with van der Waals surface area (Å²) in [6, 6.07) is 10.3. The van der Waals surface area contributed by atoms with E-state index < -0.39 is 0 Å². The molecule has 2 rings (SSSR count). The summed E-state index contributed by atoms with van der Waals surface area (Å²) in [7, 11) is 0. The molecule has 0 aliphatic rings. The van der Waals surface area contributed by atoms with E-state index in [-0.39, 0.29) is 12.4 Å². The van der Waals surface area contributed by atoms with E-state index in [1.807, 2.05) is 18.2 Å². The number of hydrogen-bond donors (Lipinski definition) is 1. The van der Waals surface area contributed by atoms with Crippen LogP contribution in [0.3, 0.4) is 0 Å². The van der Waals surface area contributed by atoms with Crippen molar-refractivity contribution >= 4 is 24.2 Å². The van der Waals surface area contributed by atoms with Crippen molar-refractivity contribution in [3.05, 3.63) is 42.2 Å². The molecule has 0 aliphatic heterocycles. The molecule has 1 aromatic carbocycles. The highest BCUT2D eigenvalue weighted by molar-refractivity contribution is 7.98. The molecule has 1 heterocycles. The molecule has 74 valence electrons. The third-order valence-corrected chi connectivity index (χ3v) is 2.56. The van der Waals surface area contributed by atoms with Gasteiger partial charge < -0.3 is 0 Å². The van der Waals surface area contributed by atoms with Gasteiger partial charge >= 0.3 is 0 Å². The summed E-state index contributed by atoms with van der Waals surface area (Å²) in [5.74, 6) is 0.927. The molecule has 0 saturated carbocycles. The quantitative estimate of drug-likeness (QED) is 0.820. The fraction of sp³-hybridized carbons (Fsp3) is 0.111. The fourth-order valence-corrected chi connectivity index (χ4v) is 1.72. The predicted octanol–water partition coefficient (Wildman–Crippen LogP) is 2.52. The average molecular weight is 228 g/mol. The van der Waals surface area contributed by atoms with Gasteiger partial charge in [-0.05, 0) is 5.56 Å². The first-order valence-electron chi connectivity index (χ1n) is 3.97. The normalized spacial score (nSPS) is 9.43. The molecular formula is C9H10ClN3S. The third-order valence-electron chi connectivity index (χ3n) is 1.61. The SMILES string of the molecule is Cl.c1ccc(CSc2ncn[nH]2)cc1. The second-order valence-electron chi connectivity index (χ2n) is 2.56. The van der Waals surface area contributed by atoms with Gasteiger partial charge in [-0.3, -0.25) is 5.10 Å². The largest absolute Gasteiger partial charge is 0.254 e. The van der Waals surface area contributed by atoms with Crippen LogP contribution < -0.4 is 0 Å². The van der Waals surface area contributed by atoms with Crippen LogP contribution in [-0.4, -0.2) is 15.2 Å². The maximum atomic E-state index is 4.03.